The molecular formula is C14H18F2N2O2. The molecule has 0 atom stereocenters. The van der Waals surface area contributed by atoms with E-state index in [0.29, 0.717) is 12.8 Å². The van der Waals surface area contributed by atoms with E-state index in [2.05, 4.69) is 10.3 Å². The number of alkyl halides is 2. The Morgan fingerprint density at radius 1 is 1.30 bits per heavy atom. The Balaban J connectivity index is 1.96. The third kappa shape index (κ3) is 3.12. The van der Waals surface area contributed by atoms with Gasteiger partial charge in [-0.1, -0.05) is 19.3 Å². The van der Waals surface area contributed by atoms with Crippen LogP contribution in [0, 0.1) is 0 Å². The van der Waals surface area contributed by atoms with Crippen LogP contribution in [0.2, 0.25) is 0 Å². The topological polar surface area (TPSA) is 62.2 Å². The van der Waals surface area contributed by atoms with Crippen LogP contribution in [-0.2, 0) is 0 Å². The summed E-state index contributed by atoms with van der Waals surface area (Å²) < 4.78 is 28.2. The van der Waals surface area contributed by atoms with Gasteiger partial charge in [-0.25, -0.2) is 8.78 Å². The Labute approximate surface area is 116 Å². The van der Waals surface area contributed by atoms with Crippen LogP contribution in [0.5, 0.6) is 0 Å². The Morgan fingerprint density at radius 3 is 2.50 bits per heavy atom. The number of aliphatic hydroxyl groups is 1. The highest BCUT2D eigenvalue weighted by molar-refractivity contribution is 5.93. The number of nitrogens with zero attached hydrogens (tertiary/aromatic N) is 1. The van der Waals surface area contributed by atoms with Crippen LogP contribution in [0.1, 0.15) is 42.5 Å². The van der Waals surface area contributed by atoms with Gasteiger partial charge in [0.2, 0.25) is 0 Å². The molecule has 4 nitrogen and oxygen atoms in total. The van der Waals surface area contributed by atoms with Crippen molar-refractivity contribution in [2.24, 2.45) is 0 Å². The van der Waals surface area contributed by atoms with Gasteiger partial charge in [-0.15, -0.1) is 0 Å². The number of nitrogens with one attached hydrogen (secondary N) is 1. The minimum Gasteiger partial charge on any atom is -0.384 e. The van der Waals surface area contributed by atoms with Crippen molar-refractivity contribution in [1.29, 1.82) is 0 Å². The van der Waals surface area contributed by atoms with Gasteiger partial charge in [-0.2, -0.15) is 0 Å². The second kappa shape index (κ2) is 5.83. The van der Waals surface area contributed by atoms with E-state index in [1.54, 1.807) is 0 Å². The zero-order chi connectivity index (χ0) is 14.6. The second-order valence-corrected chi connectivity index (χ2v) is 5.22. The minimum atomic E-state index is -3.32. The first-order valence-corrected chi connectivity index (χ1v) is 6.73. The monoisotopic (exact) mass is 284 g/mol. The van der Waals surface area contributed by atoms with E-state index in [-0.39, 0.29) is 18.4 Å². The molecule has 0 spiro atoms. The van der Waals surface area contributed by atoms with Crippen LogP contribution in [-0.4, -0.2) is 34.1 Å². The van der Waals surface area contributed by atoms with E-state index in [4.69, 9.17) is 0 Å². The van der Waals surface area contributed by atoms with Gasteiger partial charge in [0.1, 0.15) is 5.60 Å². The molecule has 0 saturated heterocycles. The van der Waals surface area contributed by atoms with Crippen molar-refractivity contribution in [1.82, 2.24) is 10.3 Å². The number of rotatable bonds is 4. The number of pyridine rings is 1. The lowest BCUT2D eigenvalue weighted by Crippen LogP contribution is -2.55. The lowest BCUT2D eigenvalue weighted by atomic mass is 9.80. The maximum Gasteiger partial charge on any atom is 0.293 e. The molecule has 0 aliphatic heterocycles. The van der Waals surface area contributed by atoms with Crippen molar-refractivity contribution >= 4 is 5.91 Å². The van der Waals surface area contributed by atoms with Crippen LogP contribution in [0.3, 0.4) is 0 Å². The molecule has 2 N–H and O–H groups in total. The van der Waals surface area contributed by atoms with E-state index in [9.17, 15) is 18.7 Å². The van der Waals surface area contributed by atoms with Gasteiger partial charge < -0.3 is 10.4 Å². The van der Waals surface area contributed by atoms with Crippen LogP contribution < -0.4 is 5.32 Å². The first-order valence-electron chi connectivity index (χ1n) is 6.73. The van der Waals surface area contributed by atoms with Crippen molar-refractivity contribution < 1.29 is 18.7 Å². The quantitative estimate of drug-likeness (QED) is 0.890. The maximum absolute atomic E-state index is 14.1. The van der Waals surface area contributed by atoms with Gasteiger partial charge in [-0.3, -0.25) is 9.78 Å². The smallest absolute Gasteiger partial charge is 0.293 e. The van der Waals surface area contributed by atoms with E-state index in [1.807, 2.05) is 0 Å². The molecule has 20 heavy (non-hydrogen) atoms. The fourth-order valence-electron chi connectivity index (χ4n) is 2.46. The summed E-state index contributed by atoms with van der Waals surface area (Å²) in [5.74, 6) is -3.91. The number of halogens is 2. The number of carbonyl (C=O) groups excluding carboxylic acids is 1. The number of carbonyl (C=O) groups is 1. The SMILES string of the molecule is O=C(NCC(F)(F)C1(O)CCCCC1)c1ccncc1. The van der Waals surface area contributed by atoms with Gasteiger partial charge in [0.05, 0.1) is 6.54 Å². The predicted molar refractivity (Wildman–Crippen MR) is 69.6 cm³/mol. The standard InChI is InChI=1S/C14H18F2N2O2/c15-14(16,13(20)6-2-1-3-7-13)10-18-12(19)11-4-8-17-9-5-11/h4-5,8-9,20H,1-3,6-7,10H2,(H,18,19). The summed E-state index contributed by atoms with van der Waals surface area (Å²) in [4.78, 5) is 15.5. The molecule has 1 heterocycles. The Bertz CT molecular complexity index is 460. The fraction of sp³-hybridized carbons (Fsp3) is 0.571. The predicted octanol–water partition coefficient (Wildman–Crippen LogP) is 2.14. The molecule has 0 aromatic carbocycles. The zero-order valence-corrected chi connectivity index (χ0v) is 11.1. The normalized spacial score (nSPS) is 18.6. The van der Waals surface area contributed by atoms with E-state index < -0.39 is 24.0 Å². The molecule has 1 aliphatic carbocycles. The molecule has 0 unspecified atom stereocenters. The largest absolute Gasteiger partial charge is 0.384 e. The Hall–Kier alpha value is -1.56. The third-order valence-corrected chi connectivity index (χ3v) is 3.78. The molecule has 1 fully saturated rings. The van der Waals surface area contributed by atoms with Gasteiger partial charge >= 0.3 is 0 Å². The Morgan fingerprint density at radius 2 is 1.90 bits per heavy atom. The summed E-state index contributed by atoms with van der Waals surface area (Å²) in [5.41, 5.74) is -1.73. The summed E-state index contributed by atoms with van der Waals surface area (Å²) in [5, 5.41) is 12.3. The summed E-state index contributed by atoms with van der Waals surface area (Å²) >= 11 is 0. The van der Waals surface area contributed by atoms with Crippen molar-refractivity contribution in [3.63, 3.8) is 0 Å². The lowest BCUT2D eigenvalue weighted by molar-refractivity contribution is -0.191. The Kier molecular flexibility index (Phi) is 4.32. The molecule has 1 saturated carbocycles. The lowest BCUT2D eigenvalue weighted by Gasteiger charge is -2.38. The molecular weight excluding hydrogens is 266 g/mol. The summed E-state index contributed by atoms with van der Waals surface area (Å²) in [6.07, 6.45) is 5.02. The number of aromatic nitrogens is 1. The van der Waals surface area contributed by atoms with Gasteiger partial charge in [0, 0.05) is 18.0 Å². The summed E-state index contributed by atoms with van der Waals surface area (Å²) in [6.45, 7) is -0.856. The van der Waals surface area contributed by atoms with Crippen molar-refractivity contribution in [3.05, 3.63) is 30.1 Å². The first-order chi connectivity index (χ1) is 9.45. The average molecular weight is 284 g/mol. The third-order valence-electron chi connectivity index (χ3n) is 3.78. The van der Waals surface area contributed by atoms with Gasteiger partial charge in [0.25, 0.3) is 11.8 Å². The zero-order valence-electron chi connectivity index (χ0n) is 11.1. The maximum atomic E-state index is 14.1. The highest BCUT2D eigenvalue weighted by atomic mass is 19.3. The molecule has 1 aliphatic rings. The molecule has 0 radical (unpaired) electrons. The fourth-order valence-corrected chi connectivity index (χ4v) is 2.46. The molecule has 1 aromatic rings. The van der Waals surface area contributed by atoms with Gasteiger partial charge in [-0.05, 0) is 25.0 Å². The molecule has 1 aromatic heterocycles. The number of hydrogen-bond donors (Lipinski definition) is 2. The van der Waals surface area contributed by atoms with E-state index >= 15 is 0 Å². The second-order valence-electron chi connectivity index (χ2n) is 5.22. The van der Waals surface area contributed by atoms with Crippen LogP contribution >= 0.6 is 0 Å². The van der Waals surface area contributed by atoms with E-state index in [1.165, 1.54) is 24.5 Å². The van der Waals surface area contributed by atoms with E-state index in [0.717, 1.165) is 6.42 Å². The van der Waals surface area contributed by atoms with Crippen molar-refractivity contribution in [2.45, 2.75) is 43.6 Å². The van der Waals surface area contributed by atoms with Crippen LogP contribution in [0.15, 0.2) is 24.5 Å². The highest BCUT2D eigenvalue weighted by Gasteiger charge is 2.52. The van der Waals surface area contributed by atoms with Crippen LogP contribution in [0.4, 0.5) is 8.78 Å². The average Bonchev–Trinajstić information content (AvgIpc) is 2.46. The highest BCUT2D eigenvalue weighted by Crippen LogP contribution is 2.40. The van der Waals surface area contributed by atoms with Gasteiger partial charge in [0.15, 0.2) is 0 Å². The molecule has 0 bridgehead atoms. The summed E-state index contributed by atoms with van der Waals surface area (Å²) in [6, 6.07) is 2.89. The number of hydrogen-bond acceptors (Lipinski definition) is 3. The summed E-state index contributed by atoms with van der Waals surface area (Å²) in [7, 11) is 0. The van der Waals surface area contributed by atoms with Crippen LogP contribution in [0.25, 0.3) is 0 Å². The molecule has 6 heteroatoms. The number of amides is 1. The molecule has 110 valence electrons. The minimum absolute atomic E-state index is 0.0745. The van der Waals surface area contributed by atoms with Crippen molar-refractivity contribution in [2.75, 3.05) is 6.54 Å². The molecule has 1 amide bonds. The molecule has 2 rings (SSSR count). The van der Waals surface area contributed by atoms with Crippen molar-refractivity contribution in [3.8, 4) is 0 Å². The first kappa shape index (κ1) is 14.8.